The van der Waals surface area contributed by atoms with Gasteiger partial charge in [-0.05, 0) is 23.9 Å². The predicted octanol–water partition coefficient (Wildman–Crippen LogP) is 3.18. The first kappa shape index (κ1) is 16.6. The van der Waals surface area contributed by atoms with Crippen LogP contribution in [0.4, 0.5) is 5.69 Å². The number of nitrogens with zero attached hydrogens (tertiary/aromatic N) is 3. The van der Waals surface area contributed by atoms with E-state index in [1.807, 2.05) is 28.5 Å². The average Bonchev–Trinajstić information content (AvgIpc) is 3.15. The molecule has 126 valence electrons. The monoisotopic (exact) mass is 345 g/mol. The van der Waals surface area contributed by atoms with Crippen molar-refractivity contribution < 1.29 is 9.72 Å². The molecular formula is C17H19N3O3S. The Labute approximate surface area is 144 Å². The van der Waals surface area contributed by atoms with Gasteiger partial charge in [0.05, 0.1) is 9.80 Å². The summed E-state index contributed by atoms with van der Waals surface area (Å²) in [5.41, 5.74) is 1.05. The maximum absolute atomic E-state index is 12.4. The Balaban J connectivity index is 1.63. The molecule has 3 rings (SSSR count). The standard InChI is InChI=1S/C17H19N3O3S/c1-13(14-4-2-5-15(12-14)20(22)23)18-7-9-19(10-8-18)17(21)16-6-3-11-24-16/h2-6,11-13H,7-10H2,1H3/t13-/m0/s1. The largest absolute Gasteiger partial charge is 0.335 e. The molecule has 0 N–H and O–H groups in total. The first-order valence-corrected chi connectivity index (χ1v) is 8.75. The van der Waals surface area contributed by atoms with E-state index in [0.29, 0.717) is 13.1 Å². The molecule has 2 aromatic rings. The van der Waals surface area contributed by atoms with Gasteiger partial charge in [0.15, 0.2) is 0 Å². The third kappa shape index (κ3) is 3.47. The summed E-state index contributed by atoms with van der Waals surface area (Å²) < 4.78 is 0. The van der Waals surface area contributed by atoms with Crippen molar-refractivity contribution in [1.82, 2.24) is 9.80 Å². The normalized spacial score (nSPS) is 16.8. The molecule has 24 heavy (non-hydrogen) atoms. The molecule has 0 unspecified atom stereocenters. The summed E-state index contributed by atoms with van der Waals surface area (Å²) >= 11 is 1.46. The quantitative estimate of drug-likeness (QED) is 0.630. The third-order valence-corrected chi connectivity index (χ3v) is 5.30. The zero-order valence-corrected chi connectivity index (χ0v) is 14.2. The van der Waals surface area contributed by atoms with E-state index in [2.05, 4.69) is 11.8 Å². The minimum Gasteiger partial charge on any atom is -0.335 e. The van der Waals surface area contributed by atoms with Crippen molar-refractivity contribution in [2.45, 2.75) is 13.0 Å². The SMILES string of the molecule is C[C@@H](c1cccc([N+](=O)[O-])c1)N1CCN(C(=O)c2cccs2)CC1. The van der Waals surface area contributed by atoms with Gasteiger partial charge in [-0.25, -0.2) is 0 Å². The van der Waals surface area contributed by atoms with Crippen molar-refractivity contribution in [1.29, 1.82) is 0 Å². The Morgan fingerprint density at radius 3 is 2.58 bits per heavy atom. The van der Waals surface area contributed by atoms with Gasteiger partial charge in [0.1, 0.15) is 0 Å². The number of carbonyl (C=O) groups excluding carboxylic acids is 1. The van der Waals surface area contributed by atoms with E-state index in [9.17, 15) is 14.9 Å². The molecule has 0 saturated carbocycles. The van der Waals surface area contributed by atoms with E-state index in [4.69, 9.17) is 0 Å². The molecule has 1 fully saturated rings. The predicted molar refractivity (Wildman–Crippen MR) is 93.3 cm³/mol. The number of non-ortho nitro benzene ring substituents is 1. The van der Waals surface area contributed by atoms with Crippen LogP contribution in [-0.2, 0) is 0 Å². The van der Waals surface area contributed by atoms with Gasteiger partial charge in [0, 0.05) is 44.4 Å². The highest BCUT2D eigenvalue weighted by Crippen LogP contribution is 2.25. The molecule has 1 aliphatic rings. The molecule has 2 heterocycles. The van der Waals surface area contributed by atoms with Gasteiger partial charge in [-0.2, -0.15) is 0 Å². The Hall–Kier alpha value is -2.25. The molecule has 1 aromatic heterocycles. The number of nitro benzene ring substituents is 1. The molecule has 7 heteroatoms. The summed E-state index contributed by atoms with van der Waals surface area (Å²) in [5, 5.41) is 12.8. The number of rotatable bonds is 4. The minimum atomic E-state index is -0.367. The Morgan fingerprint density at radius 2 is 1.96 bits per heavy atom. The van der Waals surface area contributed by atoms with Crippen LogP contribution in [0.2, 0.25) is 0 Å². The van der Waals surface area contributed by atoms with Gasteiger partial charge >= 0.3 is 0 Å². The summed E-state index contributed by atoms with van der Waals surface area (Å²) in [4.78, 5) is 27.8. The fourth-order valence-electron chi connectivity index (χ4n) is 2.98. The van der Waals surface area contributed by atoms with E-state index in [0.717, 1.165) is 23.5 Å². The van der Waals surface area contributed by atoms with Crippen molar-refractivity contribution in [3.63, 3.8) is 0 Å². The van der Waals surface area contributed by atoms with Crippen LogP contribution in [0.1, 0.15) is 28.2 Å². The highest BCUT2D eigenvalue weighted by atomic mass is 32.1. The van der Waals surface area contributed by atoms with Gasteiger partial charge < -0.3 is 4.90 Å². The van der Waals surface area contributed by atoms with Gasteiger partial charge in [-0.15, -0.1) is 11.3 Å². The lowest BCUT2D eigenvalue weighted by molar-refractivity contribution is -0.385. The van der Waals surface area contributed by atoms with Crippen LogP contribution in [0, 0.1) is 10.1 Å². The zero-order valence-electron chi connectivity index (χ0n) is 13.4. The summed E-state index contributed by atoms with van der Waals surface area (Å²) in [5.74, 6) is 0.0904. The Kier molecular flexibility index (Phi) is 4.92. The van der Waals surface area contributed by atoms with E-state index in [-0.39, 0.29) is 22.6 Å². The number of hydrogen-bond acceptors (Lipinski definition) is 5. The van der Waals surface area contributed by atoms with Gasteiger partial charge in [0.25, 0.3) is 11.6 Å². The van der Waals surface area contributed by atoms with Crippen LogP contribution < -0.4 is 0 Å². The Bertz CT molecular complexity index is 724. The molecule has 0 radical (unpaired) electrons. The van der Waals surface area contributed by atoms with Crippen LogP contribution in [0.5, 0.6) is 0 Å². The smallest absolute Gasteiger partial charge is 0.269 e. The Morgan fingerprint density at radius 1 is 1.21 bits per heavy atom. The maximum atomic E-state index is 12.4. The van der Waals surface area contributed by atoms with Gasteiger partial charge in [-0.3, -0.25) is 19.8 Å². The summed E-state index contributed by atoms with van der Waals surface area (Å²) in [6.07, 6.45) is 0. The molecule has 1 aliphatic heterocycles. The second kappa shape index (κ2) is 7.11. The van der Waals surface area contributed by atoms with Crippen LogP contribution in [-0.4, -0.2) is 46.8 Å². The van der Waals surface area contributed by atoms with Crippen molar-refractivity contribution in [3.05, 3.63) is 62.3 Å². The lowest BCUT2D eigenvalue weighted by atomic mass is 10.1. The van der Waals surface area contributed by atoms with Gasteiger partial charge in [0.2, 0.25) is 0 Å². The second-order valence-corrected chi connectivity index (χ2v) is 6.78. The summed E-state index contributed by atoms with van der Waals surface area (Å²) in [6.45, 7) is 4.93. The fraction of sp³-hybridized carbons (Fsp3) is 0.353. The van der Waals surface area contributed by atoms with Crippen LogP contribution in [0.25, 0.3) is 0 Å². The highest BCUT2D eigenvalue weighted by molar-refractivity contribution is 7.12. The maximum Gasteiger partial charge on any atom is 0.269 e. The number of benzene rings is 1. The topological polar surface area (TPSA) is 66.7 Å². The number of nitro groups is 1. The van der Waals surface area contributed by atoms with Crippen molar-refractivity contribution in [2.75, 3.05) is 26.2 Å². The molecule has 0 bridgehead atoms. The van der Waals surface area contributed by atoms with E-state index >= 15 is 0 Å². The van der Waals surface area contributed by atoms with E-state index in [1.165, 1.54) is 17.4 Å². The average molecular weight is 345 g/mol. The molecule has 0 spiro atoms. The van der Waals surface area contributed by atoms with E-state index < -0.39 is 0 Å². The molecular weight excluding hydrogens is 326 g/mol. The van der Waals surface area contributed by atoms with Crippen LogP contribution >= 0.6 is 11.3 Å². The molecule has 1 aromatic carbocycles. The number of carbonyl (C=O) groups is 1. The first-order valence-electron chi connectivity index (χ1n) is 7.87. The molecule has 0 aliphatic carbocycles. The fourth-order valence-corrected chi connectivity index (χ4v) is 3.67. The van der Waals surface area contributed by atoms with Crippen molar-refractivity contribution in [3.8, 4) is 0 Å². The summed E-state index contributed by atoms with van der Waals surface area (Å²) in [6, 6.07) is 10.6. The molecule has 1 amide bonds. The van der Waals surface area contributed by atoms with Gasteiger partial charge in [-0.1, -0.05) is 18.2 Å². The zero-order chi connectivity index (χ0) is 17.1. The number of thiophene rings is 1. The number of amides is 1. The summed E-state index contributed by atoms with van der Waals surface area (Å²) in [7, 11) is 0. The lowest BCUT2D eigenvalue weighted by Crippen LogP contribution is -2.49. The molecule has 1 atom stereocenters. The first-order chi connectivity index (χ1) is 11.6. The highest BCUT2D eigenvalue weighted by Gasteiger charge is 2.26. The lowest BCUT2D eigenvalue weighted by Gasteiger charge is -2.38. The second-order valence-electron chi connectivity index (χ2n) is 5.83. The van der Waals surface area contributed by atoms with Crippen LogP contribution in [0.15, 0.2) is 41.8 Å². The van der Waals surface area contributed by atoms with Crippen LogP contribution in [0.3, 0.4) is 0 Å². The van der Waals surface area contributed by atoms with Crippen molar-refractivity contribution >= 4 is 22.9 Å². The number of hydrogen-bond donors (Lipinski definition) is 0. The third-order valence-electron chi connectivity index (χ3n) is 4.44. The molecule has 6 nitrogen and oxygen atoms in total. The van der Waals surface area contributed by atoms with Crippen molar-refractivity contribution in [2.24, 2.45) is 0 Å². The minimum absolute atomic E-state index is 0.0869. The molecule has 1 saturated heterocycles. The van der Waals surface area contributed by atoms with E-state index in [1.54, 1.807) is 12.1 Å². The number of piperazine rings is 1.